The van der Waals surface area contributed by atoms with Crippen molar-refractivity contribution in [1.82, 2.24) is 4.90 Å². The van der Waals surface area contributed by atoms with Crippen LogP contribution in [0.25, 0.3) is 11.1 Å². The second-order valence-corrected chi connectivity index (χ2v) is 5.50. The van der Waals surface area contributed by atoms with Crippen LogP contribution in [0.3, 0.4) is 0 Å². The first-order valence-electron chi connectivity index (χ1n) is 7.80. The molecule has 0 saturated heterocycles. The van der Waals surface area contributed by atoms with Gasteiger partial charge in [-0.1, -0.05) is 49.4 Å². The number of carbonyl (C=O) groups is 1. The molecular formula is C19H23NO3. The minimum atomic E-state index is -0.807. The summed E-state index contributed by atoms with van der Waals surface area (Å²) >= 11 is 0. The van der Waals surface area contributed by atoms with E-state index < -0.39 is 5.97 Å². The lowest BCUT2D eigenvalue weighted by Crippen LogP contribution is -2.30. The number of benzene rings is 2. The van der Waals surface area contributed by atoms with Crippen LogP contribution >= 0.6 is 0 Å². The fourth-order valence-electron chi connectivity index (χ4n) is 2.65. The first-order chi connectivity index (χ1) is 11.1. The molecule has 122 valence electrons. The van der Waals surface area contributed by atoms with Gasteiger partial charge >= 0.3 is 5.97 Å². The van der Waals surface area contributed by atoms with Crippen molar-refractivity contribution in [1.29, 1.82) is 0 Å². The topological polar surface area (TPSA) is 49.8 Å². The molecule has 0 amide bonds. The molecule has 0 bridgehead atoms. The summed E-state index contributed by atoms with van der Waals surface area (Å²) in [6.45, 7) is 3.40. The van der Waals surface area contributed by atoms with Crippen LogP contribution in [0.15, 0.2) is 48.5 Å². The lowest BCUT2D eigenvalue weighted by molar-refractivity contribution is -0.138. The van der Waals surface area contributed by atoms with Crippen molar-refractivity contribution in [2.45, 2.75) is 19.9 Å². The Kier molecular flexibility index (Phi) is 6.18. The molecule has 2 aromatic rings. The maximum absolute atomic E-state index is 11.0. The van der Waals surface area contributed by atoms with Gasteiger partial charge in [0.05, 0.1) is 13.7 Å². The molecule has 0 aliphatic rings. The van der Waals surface area contributed by atoms with Gasteiger partial charge in [-0.2, -0.15) is 0 Å². The second-order valence-electron chi connectivity index (χ2n) is 5.50. The SMILES string of the molecule is CCCN(CC(=O)O)Cc1ccc(-c2ccccc2)cc1OC. The molecule has 0 unspecified atom stereocenters. The molecule has 0 spiro atoms. The molecule has 1 N–H and O–H groups in total. The van der Waals surface area contributed by atoms with E-state index in [0.717, 1.165) is 35.4 Å². The first kappa shape index (κ1) is 17.0. The maximum atomic E-state index is 11.0. The summed E-state index contributed by atoms with van der Waals surface area (Å²) in [6.07, 6.45) is 0.914. The van der Waals surface area contributed by atoms with Crippen molar-refractivity contribution >= 4 is 5.97 Å². The van der Waals surface area contributed by atoms with Gasteiger partial charge in [-0.15, -0.1) is 0 Å². The fourth-order valence-corrected chi connectivity index (χ4v) is 2.65. The maximum Gasteiger partial charge on any atom is 0.317 e. The molecule has 0 radical (unpaired) electrons. The Bertz CT molecular complexity index is 640. The van der Waals surface area contributed by atoms with E-state index in [9.17, 15) is 4.79 Å². The summed E-state index contributed by atoms with van der Waals surface area (Å²) in [5.41, 5.74) is 3.22. The number of hydrogen-bond acceptors (Lipinski definition) is 3. The molecule has 23 heavy (non-hydrogen) atoms. The number of methoxy groups -OCH3 is 1. The quantitative estimate of drug-likeness (QED) is 0.808. The zero-order valence-corrected chi connectivity index (χ0v) is 13.7. The summed E-state index contributed by atoms with van der Waals surface area (Å²) < 4.78 is 5.52. The van der Waals surface area contributed by atoms with Crippen molar-refractivity contribution in [3.8, 4) is 16.9 Å². The molecule has 0 aliphatic carbocycles. The summed E-state index contributed by atoms with van der Waals surface area (Å²) in [6, 6.07) is 16.2. The predicted molar refractivity (Wildman–Crippen MR) is 91.6 cm³/mol. The van der Waals surface area contributed by atoms with Gasteiger partial charge in [0.1, 0.15) is 5.75 Å². The van der Waals surface area contributed by atoms with Crippen LogP contribution in [-0.4, -0.2) is 36.2 Å². The number of rotatable bonds is 8. The lowest BCUT2D eigenvalue weighted by atomic mass is 10.0. The van der Waals surface area contributed by atoms with Crippen molar-refractivity contribution in [3.05, 3.63) is 54.1 Å². The van der Waals surface area contributed by atoms with E-state index >= 15 is 0 Å². The van der Waals surface area contributed by atoms with E-state index in [1.807, 2.05) is 42.2 Å². The third kappa shape index (κ3) is 4.83. The summed E-state index contributed by atoms with van der Waals surface area (Å²) in [5.74, 6) is -0.0174. The number of aliphatic carboxylic acids is 1. The predicted octanol–water partition coefficient (Wildman–Crippen LogP) is 3.66. The molecule has 4 nitrogen and oxygen atoms in total. The number of carboxylic acids is 1. The smallest absolute Gasteiger partial charge is 0.317 e. The largest absolute Gasteiger partial charge is 0.496 e. The highest BCUT2D eigenvalue weighted by molar-refractivity contribution is 5.69. The highest BCUT2D eigenvalue weighted by Crippen LogP contribution is 2.28. The molecule has 4 heteroatoms. The highest BCUT2D eigenvalue weighted by atomic mass is 16.5. The Morgan fingerprint density at radius 3 is 2.48 bits per heavy atom. The summed E-state index contributed by atoms with van der Waals surface area (Å²) in [7, 11) is 1.65. The molecule has 0 aliphatic heterocycles. The Morgan fingerprint density at radius 2 is 1.87 bits per heavy atom. The van der Waals surface area contributed by atoms with Gasteiger partial charge in [0.25, 0.3) is 0 Å². The minimum absolute atomic E-state index is 0.0391. The first-order valence-corrected chi connectivity index (χ1v) is 7.80. The Labute approximate surface area is 137 Å². The van der Waals surface area contributed by atoms with Crippen LogP contribution in [0, 0.1) is 0 Å². The molecule has 2 aromatic carbocycles. The highest BCUT2D eigenvalue weighted by Gasteiger charge is 2.13. The van der Waals surface area contributed by atoms with Crippen molar-refractivity contribution in [3.63, 3.8) is 0 Å². The molecule has 0 heterocycles. The van der Waals surface area contributed by atoms with E-state index in [0.29, 0.717) is 6.54 Å². The van der Waals surface area contributed by atoms with Crippen LogP contribution in [0.5, 0.6) is 5.75 Å². The Morgan fingerprint density at radius 1 is 1.13 bits per heavy atom. The van der Waals surface area contributed by atoms with Crippen LogP contribution in [-0.2, 0) is 11.3 Å². The second kappa shape index (κ2) is 8.34. The van der Waals surface area contributed by atoms with Crippen LogP contribution in [0.1, 0.15) is 18.9 Å². The Balaban J connectivity index is 2.23. The van der Waals surface area contributed by atoms with E-state index in [1.165, 1.54) is 0 Å². The average molecular weight is 313 g/mol. The van der Waals surface area contributed by atoms with E-state index in [-0.39, 0.29) is 6.54 Å². The minimum Gasteiger partial charge on any atom is -0.496 e. The lowest BCUT2D eigenvalue weighted by Gasteiger charge is -2.21. The van der Waals surface area contributed by atoms with Crippen molar-refractivity contribution in [2.75, 3.05) is 20.2 Å². The van der Waals surface area contributed by atoms with Gasteiger partial charge in [-0.3, -0.25) is 9.69 Å². The van der Waals surface area contributed by atoms with Gasteiger partial charge < -0.3 is 9.84 Å². The molecule has 0 saturated carbocycles. The van der Waals surface area contributed by atoms with Crippen molar-refractivity contribution in [2.24, 2.45) is 0 Å². The normalized spacial score (nSPS) is 10.7. The monoisotopic (exact) mass is 313 g/mol. The third-order valence-electron chi connectivity index (χ3n) is 3.69. The molecule has 0 fully saturated rings. The van der Waals surface area contributed by atoms with E-state index in [4.69, 9.17) is 9.84 Å². The van der Waals surface area contributed by atoms with Crippen LogP contribution in [0.2, 0.25) is 0 Å². The standard InChI is InChI=1S/C19H23NO3/c1-3-11-20(14-19(21)22)13-17-10-9-16(12-18(17)23-2)15-7-5-4-6-8-15/h4-10,12H,3,11,13-14H2,1-2H3,(H,21,22). The molecular weight excluding hydrogens is 290 g/mol. The van der Waals surface area contributed by atoms with Gasteiger partial charge in [0, 0.05) is 12.1 Å². The molecule has 0 atom stereocenters. The van der Waals surface area contributed by atoms with Crippen molar-refractivity contribution < 1.29 is 14.6 Å². The fraction of sp³-hybridized carbons (Fsp3) is 0.316. The summed E-state index contributed by atoms with van der Waals surface area (Å²) in [4.78, 5) is 12.9. The van der Waals surface area contributed by atoms with Crippen LogP contribution in [0.4, 0.5) is 0 Å². The summed E-state index contributed by atoms with van der Waals surface area (Å²) in [5, 5.41) is 9.03. The van der Waals surface area contributed by atoms with Crippen LogP contribution < -0.4 is 4.74 Å². The van der Waals surface area contributed by atoms with E-state index in [1.54, 1.807) is 7.11 Å². The van der Waals surface area contributed by atoms with E-state index in [2.05, 4.69) is 18.2 Å². The number of carboxylic acid groups (broad SMARTS) is 1. The number of nitrogens with zero attached hydrogens (tertiary/aromatic N) is 1. The average Bonchev–Trinajstić information content (AvgIpc) is 2.55. The van der Waals surface area contributed by atoms with Gasteiger partial charge in [0.2, 0.25) is 0 Å². The zero-order valence-electron chi connectivity index (χ0n) is 13.7. The Hall–Kier alpha value is -2.33. The van der Waals surface area contributed by atoms with Gasteiger partial charge in [-0.05, 0) is 30.2 Å². The zero-order chi connectivity index (χ0) is 16.7. The van der Waals surface area contributed by atoms with Gasteiger partial charge in [0.15, 0.2) is 0 Å². The number of hydrogen-bond donors (Lipinski definition) is 1. The molecule has 0 aromatic heterocycles. The number of ether oxygens (including phenoxy) is 1. The molecule has 2 rings (SSSR count). The van der Waals surface area contributed by atoms with Gasteiger partial charge in [-0.25, -0.2) is 0 Å². The third-order valence-corrected chi connectivity index (χ3v) is 3.69.